The van der Waals surface area contributed by atoms with Gasteiger partial charge >= 0.3 is 0 Å². The number of ether oxygens (including phenoxy) is 1. The summed E-state index contributed by atoms with van der Waals surface area (Å²) in [5.41, 5.74) is 0.528. The molecule has 2 aromatic heterocycles. The SMILES string of the molecule is CCCc1nnc(NC(=O)c2ccc(Oc3cccnc3)cc2)s1. The van der Waals surface area contributed by atoms with Gasteiger partial charge < -0.3 is 4.74 Å². The summed E-state index contributed by atoms with van der Waals surface area (Å²) in [4.78, 5) is 16.2. The molecule has 0 spiro atoms. The Kier molecular flexibility index (Phi) is 5.12. The number of nitrogens with zero attached hydrogens (tertiary/aromatic N) is 3. The number of aromatic nitrogens is 3. The maximum atomic E-state index is 12.2. The van der Waals surface area contributed by atoms with Crippen LogP contribution >= 0.6 is 11.3 Å². The molecule has 0 atom stereocenters. The summed E-state index contributed by atoms with van der Waals surface area (Å²) in [6.45, 7) is 2.08. The number of benzene rings is 1. The smallest absolute Gasteiger partial charge is 0.257 e. The molecule has 7 heteroatoms. The molecule has 2 heterocycles. The highest BCUT2D eigenvalue weighted by molar-refractivity contribution is 7.15. The molecule has 122 valence electrons. The van der Waals surface area contributed by atoms with E-state index in [-0.39, 0.29) is 5.91 Å². The third-order valence-corrected chi connectivity index (χ3v) is 4.04. The second kappa shape index (κ2) is 7.65. The number of rotatable bonds is 6. The molecule has 3 rings (SSSR count). The Balaban J connectivity index is 1.63. The fourth-order valence-electron chi connectivity index (χ4n) is 2.01. The standard InChI is InChI=1S/C17H16N4O2S/c1-2-4-15-20-21-17(24-15)19-16(22)12-6-8-13(9-7-12)23-14-5-3-10-18-11-14/h3,5-11H,2,4H2,1H3,(H,19,21,22). The predicted octanol–water partition coefficient (Wildman–Crippen LogP) is 3.93. The average molecular weight is 340 g/mol. The first-order valence-electron chi connectivity index (χ1n) is 7.56. The van der Waals surface area contributed by atoms with Gasteiger partial charge in [-0.2, -0.15) is 0 Å². The van der Waals surface area contributed by atoms with E-state index < -0.39 is 0 Å². The summed E-state index contributed by atoms with van der Waals surface area (Å²) >= 11 is 1.40. The largest absolute Gasteiger partial charge is 0.456 e. The van der Waals surface area contributed by atoms with E-state index >= 15 is 0 Å². The van der Waals surface area contributed by atoms with Crippen LogP contribution in [0.1, 0.15) is 28.7 Å². The van der Waals surface area contributed by atoms with Gasteiger partial charge in [0.2, 0.25) is 5.13 Å². The first kappa shape index (κ1) is 16.1. The summed E-state index contributed by atoms with van der Waals surface area (Å²) in [6.07, 6.45) is 5.18. The molecule has 0 saturated carbocycles. The third kappa shape index (κ3) is 4.14. The zero-order valence-corrected chi connectivity index (χ0v) is 13.9. The molecule has 1 aromatic carbocycles. The summed E-state index contributed by atoms with van der Waals surface area (Å²) < 4.78 is 5.65. The van der Waals surface area contributed by atoms with E-state index in [1.54, 1.807) is 42.7 Å². The Morgan fingerprint density at radius 2 is 2.00 bits per heavy atom. The molecule has 0 aliphatic rings. The van der Waals surface area contributed by atoms with Crippen molar-refractivity contribution in [1.29, 1.82) is 0 Å². The number of hydrogen-bond donors (Lipinski definition) is 1. The third-order valence-electron chi connectivity index (χ3n) is 3.14. The molecule has 0 bridgehead atoms. The lowest BCUT2D eigenvalue weighted by atomic mass is 10.2. The fourth-order valence-corrected chi connectivity index (χ4v) is 2.84. The van der Waals surface area contributed by atoms with Gasteiger partial charge in [-0.1, -0.05) is 18.3 Å². The maximum absolute atomic E-state index is 12.2. The van der Waals surface area contributed by atoms with E-state index in [1.807, 2.05) is 6.07 Å². The highest BCUT2D eigenvalue weighted by atomic mass is 32.1. The number of carbonyl (C=O) groups excluding carboxylic acids is 1. The van der Waals surface area contributed by atoms with Crippen LogP contribution in [0, 0.1) is 0 Å². The predicted molar refractivity (Wildman–Crippen MR) is 92.6 cm³/mol. The van der Waals surface area contributed by atoms with Gasteiger partial charge in [0, 0.05) is 18.2 Å². The first-order valence-corrected chi connectivity index (χ1v) is 8.38. The minimum atomic E-state index is -0.220. The topological polar surface area (TPSA) is 77.0 Å². The Labute approximate surface area is 143 Å². The minimum Gasteiger partial charge on any atom is -0.456 e. The van der Waals surface area contributed by atoms with Gasteiger partial charge in [0.1, 0.15) is 16.5 Å². The maximum Gasteiger partial charge on any atom is 0.257 e. The molecule has 0 aliphatic carbocycles. The number of carbonyl (C=O) groups is 1. The average Bonchev–Trinajstić information content (AvgIpc) is 3.04. The zero-order chi connectivity index (χ0) is 16.8. The lowest BCUT2D eigenvalue weighted by Gasteiger charge is -2.06. The summed E-state index contributed by atoms with van der Waals surface area (Å²) in [7, 11) is 0. The van der Waals surface area contributed by atoms with Crippen molar-refractivity contribution >= 4 is 22.4 Å². The van der Waals surface area contributed by atoms with Crippen molar-refractivity contribution < 1.29 is 9.53 Å². The number of hydrogen-bond acceptors (Lipinski definition) is 6. The van der Waals surface area contributed by atoms with Crippen LogP contribution in [0.5, 0.6) is 11.5 Å². The van der Waals surface area contributed by atoms with Crippen molar-refractivity contribution in [3.8, 4) is 11.5 Å². The van der Waals surface area contributed by atoms with Crippen molar-refractivity contribution in [2.45, 2.75) is 19.8 Å². The highest BCUT2D eigenvalue weighted by Gasteiger charge is 2.10. The van der Waals surface area contributed by atoms with Crippen molar-refractivity contribution in [3.63, 3.8) is 0 Å². The van der Waals surface area contributed by atoms with Crippen LogP contribution in [0.4, 0.5) is 5.13 Å². The minimum absolute atomic E-state index is 0.220. The summed E-state index contributed by atoms with van der Waals surface area (Å²) in [6, 6.07) is 10.5. The normalized spacial score (nSPS) is 10.4. The molecule has 0 aliphatic heterocycles. The van der Waals surface area contributed by atoms with Crippen molar-refractivity contribution in [3.05, 3.63) is 59.4 Å². The van der Waals surface area contributed by atoms with Gasteiger partial charge in [-0.05, 0) is 42.8 Å². The van der Waals surface area contributed by atoms with E-state index in [0.717, 1.165) is 17.8 Å². The molecule has 24 heavy (non-hydrogen) atoms. The van der Waals surface area contributed by atoms with E-state index in [4.69, 9.17) is 4.74 Å². The van der Waals surface area contributed by atoms with E-state index in [1.165, 1.54) is 11.3 Å². The van der Waals surface area contributed by atoms with Crippen LogP contribution in [0.3, 0.4) is 0 Å². The second-order valence-corrected chi connectivity index (χ2v) is 6.08. The highest BCUT2D eigenvalue weighted by Crippen LogP contribution is 2.21. The molecule has 0 unspecified atom stereocenters. The molecule has 0 radical (unpaired) electrons. The van der Waals surface area contributed by atoms with E-state index in [0.29, 0.717) is 22.2 Å². The van der Waals surface area contributed by atoms with E-state index in [9.17, 15) is 4.79 Å². The molecular weight excluding hydrogens is 324 g/mol. The van der Waals surface area contributed by atoms with Gasteiger partial charge in [0.05, 0.1) is 6.20 Å². The summed E-state index contributed by atoms with van der Waals surface area (Å²) in [5, 5.41) is 12.2. The van der Waals surface area contributed by atoms with Crippen LogP contribution in [0.25, 0.3) is 0 Å². The zero-order valence-electron chi connectivity index (χ0n) is 13.1. The second-order valence-electron chi connectivity index (χ2n) is 5.02. The van der Waals surface area contributed by atoms with Gasteiger partial charge in [-0.15, -0.1) is 10.2 Å². The lowest BCUT2D eigenvalue weighted by molar-refractivity contribution is 0.102. The summed E-state index contributed by atoms with van der Waals surface area (Å²) in [5.74, 6) is 1.06. The van der Waals surface area contributed by atoms with Crippen molar-refractivity contribution in [2.75, 3.05) is 5.32 Å². The molecule has 1 amide bonds. The first-order chi connectivity index (χ1) is 11.7. The van der Waals surface area contributed by atoms with E-state index in [2.05, 4.69) is 27.4 Å². The number of nitrogens with one attached hydrogen (secondary N) is 1. The number of pyridine rings is 1. The quantitative estimate of drug-likeness (QED) is 0.735. The molecular formula is C17H16N4O2S. The van der Waals surface area contributed by atoms with Gasteiger partial charge in [0.15, 0.2) is 0 Å². The van der Waals surface area contributed by atoms with Crippen LogP contribution in [0.2, 0.25) is 0 Å². The fraction of sp³-hybridized carbons (Fsp3) is 0.176. The van der Waals surface area contributed by atoms with Crippen molar-refractivity contribution in [2.24, 2.45) is 0 Å². The molecule has 6 nitrogen and oxygen atoms in total. The number of anilines is 1. The van der Waals surface area contributed by atoms with Gasteiger partial charge in [-0.3, -0.25) is 15.1 Å². The Morgan fingerprint density at radius 1 is 1.17 bits per heavy atom. The monoisotopic (exact) mass is 340 g/mol. The van der Waals surface area contributed by atoms with Gasteiger partial charge in [0.25, 0.3) is 5.91 Å². The van der Waals surface area contributed by atoms with Crippen LogP contribution in [0.15, 0.2) is 48.8 Å². The Hall–Kier alpha value is -2.80. The molecule has 1 N–H and O–H groups in total. The Bertz CT molecular complexity index is 803. The molecule has 3 aromatic rings. The Morgan fingerprint density at radius 3 is 2.71 bits per heavy atom. The van der Waals surface area contributed by atoms with Gasteiger partial charge in [-0.25, -0.2) is 0 Å². The van der Waals surface area contributed by atoms with Crippen LogP contribution in [-0.2, 0) is 6.42 Å². The van der Waals surface area contributed by atoms with Crippen LogP contribution in [-0.4, -0.2) is 21.1 Å². The lowest BCUT2D eigenvalue weighted by Crippen LogP contribution is -2.11. The van der Waals surface area contributed by atoms with Crippen molar-refractivity contribution in [1.82, 2.24) is 15.2 Å². The van der Waals surface area contributed by atoms with Crippen LogP contribution < -0.4 is 10.1 Å². The molecule has 0 saturated heterocycles. The molecule has 0 fully saturated rings. The number of amides is 1. The number of aryl methyl sites for hydroxylation is 1.